The van der Waals surface area contributed by atoms with E-state index in [9.17, 15) is 4.79 Å². The van der Waals surface area contributed by atoms with E-state index in [2.05, 4.69) is 4.98 Å². The van der Waals surface area contributed by atoms with Gasteiger partial charge in [0.15, 0.2) is 0 Å². The molecule has 4 nitrogen and oxygen atoms in total. The first-order valence-electron chi connectivity index (χ1n) is 8.22. The fourth-order valence-electron chi connectivity index (χ4n) is 2.50. The van der Waals surface area contributed by atoms with Crippen LogP contribution in [0.2, 0.25) is 0 Å². The fraction of sp³-hybridized carbons (Fsp3) is 0.143. The van der Waals surface area contributed by atoms with Crippen molar-refractivity contribution in [1.29, 1.82) is 0 Å². The number of carboxylic acid groups (broad SMARTS) is 1. The van der Waals surface area contributed by atoms with Crippen molar-refractivity contribution in [2.45, 2.75) is 20.0 Å². The lowest BCUT2D eigenvalue weighted by atomic mass is 10.1. The van der Waals surface area contributed by atoms with E-state index in [-0.39, 0.29) is 0 Å². The standard InChI is InChI=1S/C21H19NO3S/c1-15-14-26-21(22-15)18(12-20(23)24)11-16-7-9-19(10-8-16)25-13-17-5-3-2-4-6-17/h2-10,12,14H,11,13H2,1H3,(H,23,24). The second kappa shape index (κ2) is 8.45. The zero-order valence-corrected chi connectivity index (χ0v) is 15.2. The van der Waals surface area contributed by atoms with Crippen molar-refractivity contribution < 1.29 is 14.6 Å². The monoisotopic (exact) mass is 365 g/mol. The molecule has 1 aromatic heterocycles. The number of benzene rings is 2. The average molecular weight is 365 g/mol. The molecule has 1 N–H and O–H groups in total. The van der Waals surface area contributed by atoms with Crippen LogP contribution in [0.1, 0.15) is 21.8 Å². The summed E-state index contributed by atoms with van der Waals surface area (Å²) in [4.78, 5) is 15.5. The first-order chi connectivity index (χ1) is 12.6. The van der Waals surface area contributed by atoms with Gasteiger partial charge >= 0.3 is 5.97 Å². The van der Waals surface area contributed by atoms with Crippen LogP contribution >= 0.6 is 11.3 Å². The lowest BCUT2D eigenvalue weighted by molar-refractivity contribution is -0.131. The van der Waals surface area contributed by atoms with Gasteiger partial charge in [-0.15, -0.1) is 11.3 Å². The van der Waals surface area contributed by atoms with Crippen LogP contribution in [0.3, 0.4) is 0 Å². The maximum atomic E-state index is 11.1. The SMILES string of the molecule is Cc1csc(C(=CC(=O)O)Cc2ccc(OCc3ccccc3)cc2)n1. The molecule has 0 fully saturated rings. The van der Waals surface area contributed by atoms with Crippen LogP contribution in [-0.2, 0) is 17.8 Å². The minimum Gasteiger partial charge on any atom is -0.489 e. The quantitative estimate of drug-likeness (QED) is 0.614. The van der Waals surface area contributed by atoms with E-state index in [1.807, 2.05) is 66.9 Å². The van der Waals surface area contributed by atoms with Crippen molar-refractivity contribution in [1.82, 2.24) is 4.98 Å². The highest BCUT2D eigenvalue weighted by molar-refractivity contribution is 7.10. The number of ether oxygens (including phenoxy) is 1. The van der Waals surface area contributed by atoms with Gasteiger partial charge < -0.3 is 9.84 Å². The Morgan fingerprint density at radius 3 is 2.46 bits per heavy atom. The summed E-state index contributed by atoms with van der Waals surface area (Å²) in [5.74, 6) is -0.179. The summed E-state index contributed by atoms with van der Waals surface area (Å²) in [5, 5.41) is 11.8. The molecule has 0 saturated carbocycles. The maximum absolute atomic E-state index is 11.1. The fourth-order valence-corrected chi connectivity index (χ4v) is 3.32. The molecule has 3 rings (SSSR count). The Balaban J connectivity index is 1.68. The Morgan fingerprint density at radius 1 is 1.12 bits per heavy atom. The Hall–Kier alpha value is -2.92. The molecule has 0 spiro atoms. The summed E-state index contributed by atoms with van der Waals surface area (Å²) in [6, 6.07) is 17.7. The van der Waals surface area contributed by atoms with Gasteiger partial charge in [0.25, 0.3) is 0 Å². The number of thiazole rings is 1. The second-order valence-electron chi connectivity index (χ2n) is 5.90. The molecule has 2 aromatic carbocycles. The van der Waals surface area contributed by atoms with Crippen LogP contribution < -0.4 is 4.74 Å². The van der Waals surface area contributed by atoms with Gasteiger partial charge in [-0.05, 0) is 35.8 Å². The van der Waals surface area contributed by atoms with E-state index in [1.165, 1.54) is 17.4 Å². The molecule has 0 unspecified atom stereocenters. The Morgan fingerprint density at radius 2 is 1.85 bits per heavy atom. The number of hydrogen-bond donors (Lipinski definition) is 1. The van der Waals surface area contributed by atoms with Crippen LogP contribution in [0.25, 0.3) is 5.57 Å². The van der Waals surface area contributed by atoms with E-state index in [0.29, 0.717) is 18.6 Å². The molecule has 0 aliphatic rings. The van der Waals surface area contributed by atoms with Crippen molar-refractivity contribution in [3.8, 4) is 5.75 Å². The molecular formula is C21H19NO3S. The number of nitrogens with zero attached hydrogens (tertiary/aromatic N) is 1. The molecule has 0 amide bonds. The predicted octanol–water partition coefficient (Wildman–Crippen LogP) is 4.74. The normalized spacial score (nSPS) is 11.3. The number of hydrogen-bond acceptors (Lipinski definition) is 4. The van der Waals surface area contributed by atoms with Crippen molar-refractivity contribution in [2.75, 3.05) is 0 Å². The van der Waals surface area contributed by atoms with Crippen LogP contribution in [0.15, 0.2) is 66.1 Å². The summed E-state index contributed by atoms with van der Waals surface area (Å²) < 4.78 is 5.79. The first-order valence-corrected chi connectivity index (χ1v) is 9.10. The topological polar surface area (TPSA) is 59.4 Å². The third-order valence-corrected chi connectivity index (χ3v) is 4.79. The first kappa shape index (κ1) is 17.9. The van der Waals surface area contributed by atoms with Crippen molar-refractivity contribution in [3.05, 3.63) is 87.9 Å². The van der Waals surface area contributed by atoms with Crippen molar-refractivity contribution >= 4 is 22.9 Å². The van der Waals surface area contributed by atoms with E-state index >= 15 is 0 Å². The third-order valence-electron chi connectivity index (χ3n) is 3.76. The number of carbonyl (C=O) groups is 1. The van der Waals surface area contributed by atoms with Crippen LogP contribution in [0.4, 0.5) is 0 Å². The van der Waals surface area contributed by atoms with Gasteiger partial charge in [-0.25, -0.2) is 9.78 Å². The largest absolute Gasteiger partial charge is 0.489 e. The highest BCUT2D eigenvalue weighted by Crippen LogP contribution is 2.24. The summed E-state index contributed by atoms with van der Waals surface area (Å²) in [6.45, 7) is 2.42. The molecule has 3 aromatic rings. The molecule has 1 heterocycles. The Kier molecular flexibility index (Phi) is 5.81. The average Bonchev–Trinajstić information content (AvgIpc) is 3.07. The number of carboxylic acids is 1. The number of rotatable bonds is 7. The minimum absolute atomic E-state index is 0.512. The Labute approximate surface area is 156 Å². The molecule has 132 valence electrons. The van der Waals surface area contributed by atoms with Gasteiger partial charge in [0, 0.05) is 23.6 Å². The lowest BCUT2D eigenvalue weighted by Crippen LogP contribution is -1.97. The predicted molar refractivity (Wildman–Crippen MR) is 103 cm³/mol. The van der Waals surface area contributed by atoms with Crippen LogP contribution in [-0.4, -0.2) is 16.1 Å². The van der Waals surface area contributed by atoms with Crippen LogP contribution in [0, 0.1) is 6.92 Å². The molecule has 5 heteroatoms. The number of allylic oxidation sites excluding steroid dienone is 1. The molecule has 0 saturated heterocycles. The zero-order chi connectivity index (χ0) is 18.4. The number of aliphatic carboxylic acids is 1. The lowest BCUT2D eigenvalue weighted by Gasteiger charge is -2.08. The van der Waals surface area contributed by atoms with Gasteiger partial charge in [-0.1, -0.05) is 42.5 Å². The highest BCUT2D eigenvalue weighted by Gasteiger charge is 2.10. The second-order valence-corrected chi connectivity index (χ2v) is 6.75. The summed E-state index contributed by atoms with van der Waals surface area (Å²) in [6.07, 6.45) is 1.75. The van der Waals surface area contributed by atoms with Gasteiger partial charge in [-0.2, -0.15) is 0 Å². The third kappa shape index (κ3) is 5.04. The van der Waals surface area contributed by atoms with Crippen LogP contribution in [0.5, 0.6) is 5.75 Å². The van der Waals surface area contributed by atoms with Gasteiger partial charge in [0.05, 0.1) is 0 Å². The van der Waals surface area contributed by atoms with Gasteiger partial charge in [0.1, 0.15) is 17.4 Å². The molecular weight excluding hydrogens is 346 g/mol. The molecule has 0 atom stereocenters. The van der Waals surface area contributed by atoms with E-state index in [4.69, 9.17) is 9.84 Å². The van der Waals surface area contributed by atoms with E-state index in [1.54, 1.807) is 0 Å². The zero-order valence-electron chi connectivity index (χ0n) is 14.4. The molecule has 0 aliphatic heterocycles. The highest BCUT2D eigenvalue weighted by atomic mass is 32.1. The van der Waals surface area contributed by atoms with Crippen molar-refractivity contribution in [2.24, 2.45) is 0 Å². The summed E-state index contributed by atoms with van der Waals surface area (Å²) in [5.41, 5.74) is 3.72. The van der Waals surface area contributed by atoms with Gasteiger partial charge in [0.2, 0.25) is 0 Å². The summed E-state index contributed by atoms with van der Waals surface area (Å²) in [7, 11) is 0. The maximum Gasteiger partial charge on any atom is 0.328 e. The number of aryl methyl sites for hydroxylation is 1. The Bertz CT molecular complexity index is 899. The van der Waals surface area contributed by atoms with E-state index < -0.39 is 5.97 Å². The van der Waals surface area contributed by atoms with Gasteiger partial charge in [-0.3, -0.25) is 0 Å². The van der Waals surface area contributed by atoms with Crippen molar-refractivity contribution in [3.63, 3.8) is 0 Å². The molecule has 26 heavy (non-hydrogen) atoms. The summed E-state index contributed by atoms with van der Waals surface area (Å²) >= 11 is 1.46. The van der Waals surface area contributed by atoms with E-state index in [0.717, 1.165) is 27.6 Å². The molecule has 0 aliphatic carbocycles. The smallest absolute Gasteiger partial charge is 0.328 e. The minimum atomic E-state index is -0.962. The molecule has 0 bridgehead atoms. The number of aromatic nitrogens is 1. The molecule has 0 radical (unpaired) electrons.